The summed E-state index contributed by atoms with van der Waals surface area (Å²) in [5, 5.41) is 3.36. The molecule has 1 unspecified atom stereocenters. The van der Waals surface area contributed by atoms with Gasteiger partial charge in [0.1, 0.15) is 0 Å². The molecular weight excluding hydrogens is 274 g/mol. The molecule has 0 spiro atoms. The molecule has 1 N–H and O–H groups in total. The first kappa shape index (κ1) is 13.9. The molecule has 1 aromatic rings. The Kier molecular flexibility index (Phi) is 3.75. The van der Waals surface area contributed by atoms with Gasteiger partial charge in [0.15, 0.2) is 9.84 Å². The van der Waals surface area contributed by atoms with Crippen LogP contribution in [0.4, 0.5) is 5.95 Å². The van der Waals surface area contributed by atoms with Crippen LogP contribution < -0.4 is 5.32 Å². The Labute approximate surface area is 120 Å². The van der Waals surface area contributed by atoms with Gasteiger partial charge in [0.05, 0.1) is 17.2 Å². The van der Waals surface area contributed by atoms with Crippen LogP contribution >= 0.6 is 0 Å². The Morgan fingerprint density at radius 2 is 2.00 bits per heavy atom. The summed E-state index contributed by atoms with van der Waals surface area (Å²) < 4.78 is 25.3. The summed E-state index contributed by atoms with van der Waals surface area (Å²) in [5.74, 6) is 1.40. The van der Waals surface area contributed by atoms with E-state index in [2.05, 4.69) is 21.1 Å². The van der Waals surface area contributed by atoms with Crippen molar-refractivity contribution in [3.8, 4) is 0 Å². The first-order valence-corrected chi connectivity index (χ1v) is 9.38. The number of rotatable bonds is 3. The SMILES string of the molecule is Cc1cn(C2CCCCC2)c(NC2CCS(=O)(=O)C2)n1. The molecule has 1 saturated carbocycles. The lowest BCUT2D eigenvalue weighted by Crippen LogP contribution is -2.24. The van der Waals surface area contributed by atoms with Crippen LogP contribution in [0.3, 0.4) is 0 Å². The molecule has 1 atom stereocenters. The van der Waals surface area contributed by atoms with Crippen LogP contribution in [0.1, 0.15) is 50.3 Å². The monoisotopic (exact) mass is 297 g/mol. The average Bonchev–Trinajstić information content (AvgIpc) is 2.94. The fourth-order valence-electron chi connectivity index (χ4n) is 3.35. The molecule has 1 aliphatic heterocycles. The van der Waals surface area contributed by atoms with Gasteiger partial charge in [0, 0.05) is 18.3 Å². The third-order valence-electron chi connectivity index (χ3n) is 4.39. The van der Waals surface area contributed by atoms with E-state index in [1.54, 1.807) is 0 Å². The second kappa shape index (κ2) is 5.39. The van der Waals surface area contributed by atoms with Crippen molar-refractivity contribution in [3.05, 3.63) is 11.9 Å². The number of anilines is 1. The molecule has 0 radical (unpaired) electrons. The smallest absolute Gasteiger partial charge is 0.203 e. The molecule has 0 bridgehead atoms. The highest BCUT2D eigenvalue weighted by Crippen LogP contribution is 2.31. The maximum absolute atomic E-state index is 11.6. The average molecular weight is 297 g/mol. The minimum Gasteiger partial charge on any atom is -0.352 e. The first-order chi connectivity index (χ1) is 9.53. The van der Waals surface area contributed by atoms with Crippen LogP contribution in [0.25, 0.3) is 0 Å². The lowest BCUT2D eigenvalue weighted by molar-refractivity contribution is 0.355. The largest absolute Gasteiger partial charge is 0.352 e. The minimum atomic E-state index is -2.85. The zero-order valence-electron chi connectivity index (χ0n) is 12.0. The second-order valence-corrected chi connectivity index (χ2v) is 8.38. The number of nitrogens with zero attached hydrogens (tertiary/aromatic N) is 2. The molecule has 20 heavy (non-hydrogen) atoms. The van der Waals surface area contributed by atoms with Crippen LogP contribution in [0, 0.1) is 6.92 Å². The molecule has 2 heterocycles. The Morgan fingerprint density at radius 3 is 2.65 bits per heavy atom. The fraction of sp³-hybridized carbons (Fsp3) is 0.786. The highest BCUT2D eigenvalue weighted by molar-refractivity contribution is 7.91. The molecular formula is C14H23N3O2S. The van der Waals surface area contributed by atoms with Gasteiger partial charge in [-0.15, -0.1) is 0 Å². The third-order valence-corrected chi connectivity index (χ3v) is 6.15. The van der Waals surface area contributed by atoms with E-state index in [0.717, 1.165) is 11.6 Å². The molecule has 2 aliphatic rings. The minimum absolute atomic E-state index is 0.0177. The molecule has 1 aliphatic carbocycles. The van der Waals surface area contributed by atoms with Gasteiger partial charge in [0.25, 0.3) is 0 Å². The molecule has 0 aromatic carbocycles. The van der Waals surface area contributed by atoms with Crippen molar-refractivity contribution in [2.45, 2.75) is 57.5 Å². The maximum atomic E-state index is 11.6. The maximum Gasteiger partial charge on any atom is 0.203 e. The van der Waals surface area contributed by atoms with E-state index >= 15 is 0 Å². The molecule has 112 valence electrons. The summed E-state index contributed by atoms with van der Waals surface area (Å²) in [5.41, 5.74) is 0.999. The van der Waals surface area contributed by atoms with Crippen molar-refractivity contribution in [2.75, 3.05) is 16.8 Å². The number of hydrogen-bond acceptors (Lipinski definition) is 4. The topological polar surface area (TPSA) is 64.0 Å². The Morgan fingerprint density at radius 1 is 1.25 bits per heavy atom. The first-order valence-electron chi connectivity index (χ1n) is 7.56. The van der Waals surface area contributed by atoms with E-state index in [0.29, 0.717) is 18.2 Å². The van der Waals surface area contributed by atoms with Gasteiger partial charge in [0.2, 0.25) is 5.95 Å². The fourth-order valence-corrected chi connectivity index (χ4v) is 5.03. The van der Waals surface area contributed by atoms with E-state index in [4.69, 9.17) is 0 Å². The van der Waals surface area contributed by atoms with Gasteiger partial charge >= 0.3 is 0 Å². The molecule has 3 rings (SSSR count). The van der Waals surface area contributed by atoms with Crippen LogP contribution in [0.15, 0.2) is 6.20 Å². The Hall–Kier alpha value is -1.04. The molecule has 1 saturated heterocycles. The summed E-state index contributed by atoms with van der Waals surface area (Å²) in [6.45, 7) is 2.00. The highest BCUT2D eigenvalue weighted by atomic mass is 32.2. The standard InChI is InChI=1S/C14H23N3O2S/c1-11-9-17(13-5-3-2-4-6-13)14(15-11)16-12-7-8-20(18,19)10-12/h9,12-13H,2-8,10H2,1H3,(H,15,16). The van der Waals surface area contributed by atoms with Crippen LogP contribution in [-0.4, -0.2) is 35.5 Å². The Bertz CT molecular complexity index is 573. The van der Waals surface area contributed by atoms with E-state index in [-0.39, 0.29) is 11.8 Å². The molecule has 5 nitrogen and oxygen atoms in total. The number of nitrogens with one attached hydrogen (secondary N) is 1. The van der Waals surface area contributed by atoms with E-state index < -0.39 is 9.84 Å². The van der Waals surface area contributed by atoms with Gasteiger partial charge in [-0.2, -0.15) is 0 Å². The summed E-state index contributed by atoms with van der Waals surface area (Å²) in [4.78, 5) is 4.55. The molecule has 6 heteroatoms. The normalized spacial score (nSPS) is 26.8. The van der Waals surface area contributed by atoms with Crippen molar-refractivity contribution in [2.24, 2.45) is 0 Å². The number of sulfone groups is 1. The third kappa shape index (κ3) is 3.00. The lowest BCUT2D eigenvalue weighted by atomic mass is 9.95. The van der Waals surface area contributed by atoms with Gasteiger partial charge in [-0.05, 0) is 26.2 Å². The summed E-state index contributed by atoms with van der Waals surface area (Å²) in [6.07, 6.45) is 9.08. The lowest BCUT2D eigenvalue weighted by Gasteiger charge is -2.25. The Balaban J connectivity index is 1.76. The highest BCUT2D eigenvalue weighted by Gasteiger charge is 2.29. The quantitative estimate of drug-likeness (QED) is 0.930. The van der Waals surface area contributed by atoms with Gasteiger partial charge < -0.3 is 9.88 Å². The number of hydrogen-bond donors (Lipinski definition) is 1. The molecule has 1 aromatic heterocycles. The summed E-state index contributed by atoms with van der Waals surface area (Å²) in [7, 11) is -2.85. The zero-order chi connectivity index (χ0) is 14.2. The predicted octanol–water partition coefficient (Wildman–Crippen LogP) is 2.30. The molecule has 0 amide bonds. The van der Waals surface area contributed by atoms with Crippen LogP contribution in [-0.2, 0) is 9.84 Å². The number of aryl methyl sites for hydroxylation is 1. The van der Waals surface area contributed by atoms with Gasteiger partial charge in [-0.25, -0.2) is 13.4 Å². The number of imidazole rings is 1. The van der Waals surface area contributed by atoms with Crippen molar-refractivity contribution >= 4 is 15.8 Å². The molecule has 2 fully saturated rings. The van der Waals surface area contributed by atoms with Crippen LogP contribution in [0.2, 0.25) is 0 Å². The van der Waals surface area contributed by atoms with Crippen molar-refractivity contribution in [3.63, 3.8) is 0 Å². The van der Waals surface area contributed by atoms with Gasteiger partial charge in [-0.1, -0.05) is 19.3 Å². The van der Waals surface area contributed by atoms with Crippen molar-refractivity contribution in [1.29, 1.82) is 0 Å². The van der Waals surface area contributed by atoms with Gasteiger partial charge in [-0.3, -0.25) is 0 Å². The van der Waals surface area contributed by atoms with Crippen molar-refractivity contribution < 1.29 is 8.42 Å². The predicted molar refractivity (Wildman–Crippen MR) is 79.8 cm³/mol. The number of aromatic nitrogens is 2. The van der Waals surface area contributed by atoms with Crippen molar-refractivity contribution in [1.82, 2.24) is 9.55 Å². The second-order valence-electron chi connectivity index (χ2n) is 6.15. The summed E-state index contributed by atoms with van der Waals surface area (Å²) in [6, 6.07) is 0.537. The zero-order valence-corrected chi connectivity index (χ0v) is 12.8. The van der Waals surface area contributed by atoms with E-state index in [1.165, 1.54) is 32.1 Å². The van der Waals surface area contributed by atoms with Crippen LogP contribution in [0.5, 0.6) is 0 Å². The van der Waals surface area contributed by atoms with E-state index in [1.807, 2.05) is 6.92 Å². The van der Waals surface area contributed by atoms with E-state index in [9.17, 15) is 8.42 Å². The summed E-state index contributed by atoms with van der Waals surface area (Å²) >= 11 is 0.